The topological polar surface area (TPSA) is 83.7 Å². The predicted octanol–water partition coefficient (Wildman–Crippen LogP) is 4.05. The van der Waals surface area contributed by atoms with E-state index in [2.05, 4.69) is 10.2 Å². The number of hydrogen-bond acceptors (Lipinski definition) is 7. The Labute approximate surface area is 163 Å². The Bertz CT molecular complexity index is 950. The van der Waals surface area contributed by atoms with Gasteiger partial charge in [0.2, 0.25) is 5.89 Å². The van der Waals surface area contributed by atoms with Gasteiger partial charge in [0.15, 0.2) is 12.7 Å². The molecule has 0 aliphatic heterocycles. The van der Waals surface area contributed by atoms with Crippen LogP contribution in [0.3, 0.4) is 0 Å². The van der Waals surface area contributed by atoms with Crippen LogP contribution in [0.15, 0.2) is 46.9 Å². The maximum Gasteiger partial charge on any atom is 0.344 e. The first-order valence-electron chi connectivity index (χ1n) is 8.83. The van der Waals surface area contributed by atoms with E-state index in [0.29, 0.717) is 11.6 Å². The molecule has 0 saturated carbocycles. The maximum atomic E-state index is 12.0. The summed E-state index contributed by atoms with van der Waals surface area (Å²) in [6.45, 7) is 5.46. The molecule has 0 radical (unpaired) electrons. The molecule has 7 nitrogen and oxygen atoms in total. The minimum Gasteiger partial charge on any atom is -0.497 e. The van der Waals surface area contributed by atoms with E-state index in [1.807, 2.05) is 44.2 Å². The maximum absolute atomic E-state index is 12.0. The Morgan fingerprint density at radius 2 is 1.75 bits per heavy atom. The van der Waals surface area contributed by atoms with Gasteiger partial charge in [0, 0.05) is 5.56 Å². The van der Waals surface area contributed by atoms with Crippen molar-refractivity contribution < 1.29 is 23.4 Å². The van der Waals surface area contributed by atoms with Gasteiger partial charge in [-0.3, -0.25) is 0 Å². The Morgan fingerprint density at radius 3 is 2.43 bits per heavy atom. The van der Waals surface area contributed by atoms with Gasteiger partial charge < -0.3 is 18.6 Å². The van der Waals surface area contributed by atoms with Gasteiger partial charge in [-0.25, -0.2) is 4.79 Å². The van der Waals surface area contributed by atoms with E-state index in [-0.39, 0.29) is 12.5 Å². The zero-order chi connectivity index (χ0) is 20.1. The van der Waals surface area contributed by atoms with Crippen molar-refractivity contribution in [2.75, 3.05) is 13.7 Å². The van der Waals surface area contributed by atoms with Gasteiger partial charge in [-0.05, 0) is 68.3 Å². The molecule has 1 aromatic heterocycles. The molecule has 0 unspecified atom stereocenters. The third-order valence-electron chi connectivity index (χ3n) is 4.27. The van der Waals surface area contributed by atoms with Crippen molar-refractivity contribution in [1.29, 1.82) is 0 Å². The van der Waals surface area contributed by atoms with Crippen molar-refractivity contribution in [2.45, 2.75) is 26.9 Å². The second kappa shape index (κ2) is 8.56. The van der Waals surface area contributed by atoms with E-state index >= 15 is 0 Å². The highest BCUT2D eigenvalue weighted by atomic mass is 16.6. The number of methoxy groups -OCH3 is 1. The number of hydrogen-bond donors (Lipinski definition) is 0. The Hall–Kier alpha value is -3.35. The molecule has 2 aromatic carbocycles. The molecule has 0 fully saturated rings. The summed E-state index contributed by atoms with van der Waals surface area (Å²) >= 11 is 0. The molecule has 0 spiro atoms. The van der Waals surface area contributed by atoms with E-state index in [1.165, 1.54) is 0 Å². The average molecular weight is 382 g/mol. The van der Waals surface area contributed by atoms with Crippen LogP contribution in [0.5, 0.6) is 11.5 Å². The quantitative estimate of drug-likeness (QED) is 0.570. The van der Waals surface area contributed by atoms with E-state index in [4.69, 9.17) is 18.6 Å². The fraction of sp³-hybridized carbons (Fsp3) is 0.286. The van der Waals surface area contributed by atoms with Gasteiger partial charge in [0.05, 0.1) is 7.11 Å². The van der Waals surface area contributed by atoms with Gasteiger partial charge in [-0.15, -0.1) is 10.2 Å². The van der Waals surface area contributed by atoms with Crippen LogP contribution < -0.4 is 9.47 Å². The third kappa shape index (κ3) is 4.68. The molecule has 0 aliphatic carbocycles. The molecule has 0 bridgehead atoms. The summed E-state index contributed by atoms with van der Waals surface area (Å²) in [4.78, 5) is 12.0. The molecule has 7 heteroatoms. The molecule has 146 valence electrons. The molecule has 3 rings (SSSR count). The van der Waals surface area contributed by atoms with Crippen molar-refractivity contribution in [3.8, 4) is 23.0 Å². The number of carbonyl (C=O) groups is 1. The molecular weight excluding hydrogens is 360 g/mol. The molecule has 1 heterocycles. The van der Waals surface area contributed by atoms with E-state index in [0.717, 1.165) is 22.4 Å². The number of esters is 1. The second-order valence-electron chi connectivity index (χ2n) is 6.34. The second-order valence-corrected chi connectivity index (χ2v) is 6.34. The molecule has 0 N–H and O–H groups in total. The Morgan fingerprint density at radius 1 is 1.04 bits per heavy atom. The number of benzene rings is 2. The smallest absolute Gasteiger partial charge is 0.344 e. The number of aromatic nitrogens is 2. The summed E-state index contributed by atoms with van der Waals surface area (Å²) in [5.41, 5.74) is 3.00. The highest BCUT2D eigenvalue weighted by Crippen LogP contribution is 2.24. The Balaban J connectivity index is 1.56. The average Bonchev–Trinajstić information content (AvgIpc) is 3.19. The van der Waals surface area contributed by atoms with Gasteiger partial charge in [0.1, 0.15) is 11.5 Å². The van der Waals surface area contributed by atoms with E-state index < -0.39 is 12.1 Å². The zero-order valence-electron chi connectivity index (χ0n) is 16.3. The molecule has 28 heavy (non-hydrogen) atoms. The molecule has 0 saturated heterocycles. The highest BCUT2D eigenvalue weighted by molar-refractivity contribution is 5.71. The van der Waals surface area contributed by atoms with Crippen LogP contribution in [0.2, 0.25) is 0 Å². The summed E-state index contributed by atoms with van der Waals surface area (Å²) in [5.74, 6) is 1.38. The summed E-state index contributed by atoms with van der Waals surface area (Å²) in [5, 5.41) is 7.96. The summed E-state index contributed by atoms with van der Waals surface area (Å²) in [6.07, 6.45) is -0.685. The van der Waals surface area contributed by atoms with Crippen LogP contribution in [-0.2, 0) is 9.53 Å². The molecular formula is C21H22N2O5. The van der Waals surface area contributed by atoms with Gasteiger partial charge in [0.25, 0.3) is 5.89 Å². The standard InChI is InChI=1S/C21H22N2O5/c1-13-5-8-18(11-14(13)2)26-12-19(24)27-15(3)20-22-23-21(28-20)16-6-9-17(25-4)10-7-16/h5-11,15H,12H2,1-4H3/t15-/m0/s1. The lowest BCUT2D eigenvalue weighted by Crippen LogP contribution is -2.17. The lowest BCUT2D eigenvalue weighted by Gasteiger charge is -2.11. The third-order valence-corrected chi connectivity index (χ3v) is 4.27. The van der Waals surface area contributed by atoms with Gasteiger partial charge in [-0.1, -0.05) is 6.07 Å². The lowest BCUT2D eigenvalue weighted by molar-refractivity contribution is -0.152. The van der Waals surface area contributed by atoms with Gasteiger partial charge in [-0.2, -0.15) is 0 Å². The normalized spacial score (nSPS) is 11.7. The van der Waals surface area contributed by atoms with Crippen molar-refractivity contribution >= 4 is 5.97 Å². The predicted molar refractivity (Wildman–Crippen MR) is 102 cm³/mol. The largest absolute Gasteiger partial charge is 0.497 e. The highest BCUT2D eigenvalue weighted by Gasteiger charge is 2.19. The van der Waals surface area contributed by atoms with Crippen LogP contribution in [0.1, 0.15) is 30.0 Å². The molecule has 0 amide bonds. The SMILES string of the molecule is COc1ccc(-c2nnc([C@H](C)OC(=O)COc3ccc(C)c(C)c3)o2)cc1. The summed E-state index contributed by atoms with van der Waals surface area (Å²) < 4.78 is 21.5. The van der Waals surface area contributed by atoms with Crippen molar-refractivity contribution in [3.63, 3.8) is 0 Å². The number of nitrogens with zero attached hydrogens (tertiary/aromatic N) is 2. The molecule has 3 aromatic rings. The molecule has 1 atom stereocenters. The van der Waals surface area contributed by atoms with Crippen LogP contribution in [-0.4, -0.2) is 29.9 Å². The van der Waals surface area contributed by atoms with Crippen molar-refractivity contribution in [2.24, 2.45) is 0 Å². The lowest BCUT2D eigenvalue weighted by atomic mass is 10.1. The van der Waals surface area contributed by atoms with Crippen LogP contribution in [0.25, 0.3) is 11.5 Å². The van der Waals surface area contributed by atoms with Crippen LogP contribution in [0.4, 0.5) is 0 Å². The van der Waals surface area contributed by atoms with E-state index in [9.17, 15) is 4.79 Å². The Kier molecular flexibility index (Phi) is 5.93. The first-order chi connectivity index (χ1) is 13.5. The van der Waals surface area contributed by atoms with Gasteiger partial charge >= 0.3 is 5.97 Å². The van der Waals surface area contributed by atoms with Crippen LogP contribution >= 0.6 is 0 Å². The summed E-state index contributed by atoms with van der Waals surface area (Å²) in [6, 6.07) is 12.9. The van der Waals surface area contributed by atoms with E-state index in [1.54, 1.807) is 26.2 Å². The number of carbonyl (C=O) groups excluding carboxylic acids is 1. The minimum atomic E-state index is -0.685. The van der Waals surface area contributed by atoms with Crippen molar-refractivity contribution in [1.82, 2.24) is 10.2 Å². The molecule has 0 aliphatic rings. The summed E-state index contributed by atoms with van der Waals surface area (Å²) in [7, 11) is 1.60. The number of ether oxygens (including phenoxy) is 3. The minimum absolute atomic E-state index is 0.202. The van der Waals surface area contributed by atoms with Crippen LogP contribution in [0, 0.1) is 13.8 Å². The first-order valence-corrected chi connectivity index (χ1v) is 8.83. The fourth-order valence-electron chi connectivity index (χ4n) is 2.48. The first kappa shape index (κ1) is 19.4. The monoisotopic (exact) mass is 382 g/mol. The van der Waals surface area contributed by atoms with Crippen molar-refractivity contribution in [3.05, 3.63) is 59.5 Å². The number of aryl methyl sites for hydroxylation is 2. The number of rotatable bonds is 7. The fourth-order valence-corrected chi connectivity index (χ4v) is 2.48. The zero-order valence-corrected chi connectivity index (χ0v) is 16.3.